The van der Waals surface area contributed by atoms with E-state index in [2.05, 4.69) is 15.5 Å². The number of nitrogens with zero attached hydrogens (tertiary/aromatic N) is 1. The second kappa shape index (κ2) is 10.1. The van der Waals surface area contributed by atoms with Crippen LogP contribution in [0.25, 0.3) is 0 Å². The van der Waals surface area contributed by atoms with Crippen LogP contribution in [-0.4, -0.2) is 51.2 Å². The zero-order valence-corrected chi connectivity index (χ0v) is 17.1. The Morgan fingerprint density at radius 3 is 2.34 bits per heavy atom. The summed E-state index contributed by atoms with van der Waals surface area (Å²) < 4.78 is 5.00. The summed E-state index contributed by atoms with van der Waals surface area (Å²) in [7, 11) is 1.61. The van der Waals surface area contributed by atoms with Gasteiger partial charge in [0.05, 0.1) is 12.2 Å². The van der Waals surface area contributed by atoms with Gasteiger partial charge in [-0.25, -0.2) is 0 Å². The van der Waals surface area contributed by atoms with Crippen LogP contribution in [0.4, 0.5) is 5.69 Å². The number of carbonyl (C=O) groups is 2. The molecule has 6 heteroatoms. The van der Waals surface area contributed by atoms with Crippen LogP contribution in [0.1, 0.15) is 39.1 Å². The van der Waals surface area contributed by atoms with Crippen molar-refractivity contribution in [3.8, 4) is 0 Å². The molecule has 0 spiro atoms. The molecule has 0 aromatic heterocycles. The van der Waals surface area contributed by atoms with Crippen molar-refractivity contribution in [3.63, 3.8) is 0 Å². The Bertz CT molecular complexity index is 845. The van der Waals surface area contributed by atoms with E-state index < -0.39 is 0 Å². The normalized spacial score (nSPS) is 14.5. The maximum atomic E-state index is 12.6. The number of para-hydroxylation sites is 1. The Labute approximate surface area is 172 Å². The number of anilines is 1. The molecule has 0 radical (unpaired) electrons. The van der Waals surface area contributed by atoms with E-state index >= 15 is 0 Å². The highest BCUT2D eigenvalue weighted by Gasteiger charge is 2.24. The minimum Gasteiger partial charge on any atom is -0.383 e. The third kappa shape index (κ3) is 5.35. The van der Waals surface area contributed by atoms with E-state index in [9.17, 15) is 9.59 Å². The van der Waals surface area contributed by atoms with E-state index in [4.69, 9.17) is 4.74 Å². The molecule has 0 bridgehead atoms. The first-order valence-corrected chi connectivity index (χ1v) is 10.1. The Morgan fingerprint density at radius 1 is 1.00 bits per heavy atom. The molecule has 0 aliphatic carbocycles. The largest absolute Gasteiger partial charge is 0.383 e. The van der Waals surface area contributed by atoms with Gasteiger partial charge in [0.1, 0.15) is 0 Å². The van der Waals surface area contributed by atoms with E-state index in [1.165, 1.54) is 0 Å². The van der Waals surface area contributed by atoms with Crippen LogP contribution in [0.3, 0.4) is 0 Å². The van der Waals surface area contributed by atoms with Crippen molar-refractivity contribution in [3.05, 3.63) is 65.2 Å². The molecule has 0 saturated carbocycles. The number of benzene rings is 2. The van der Waals surface area contributed by atoms with Crippen LogP contribution in [0.5, 0.6) is 0 Å². The molecule has 2 aromatic carbocycles. The molecular weight excluding hydrogens is 366 g/mol. The number of methoxy groups -OCH3 is 1. The topological polar surface area (TPSA) is 70.7 Å². The first-order valence-electron chi connectivity index (χ1n) is 10.1. The fraction of sp³-hybridized carbons (Fsp3) is 0.391. The summed E-state index contributed by atoms with van der Waals surface area (Å²) in [5.41, 5.74) is 3.32. The van der Waals surface area contributed by atoms with Crippen molar-refractivity contribution < 1.29 is 14.3 Å². The zero-order chi connectivity index (χ0) is 20.6. The number of hydrogen-bond donors (Lipinski definition) is 2. The third-order valence-corrected chi connectivity index (χ3v) is 5.30. The zero-order valence-electron chi connectivity index (χ0n) is 17.1. The van der Waals surface area contributed by atoms with Crippen molar-refractivity contribution in [2.75, 3.05) is 38.3 Å². The van der Waals surface area contributed by atoms with Crippen LogP contribution in [0.2, 0.25) is 0 Å². The minimum absolute atomic E-state index is 0.0144. The van der Waals surface area contributed by atoms with E-state index in [0.717, 1.165) is 42.7 Å². The lowest BCUT2D eigenvalue weighted by atomic mass is 10.0. The number of carbonyl (C=O) groups excluding carboxylic acids is 2. The van der Waals surface area contributed by atoms with Gasteiger partial charge in [0.25, 0.3) is 11.8 Å². The number of hydrogen-bond acceptors (Lipinski definition) is 4. The molecule has 1 aliphatic rings. The van der Waals surface area contributed by atoms with E-state index in [-0.39, 0.29) is 17.9 Å². The maximum Gasteiger partial charge on any atom is 0.253 e. The lowest BCUT2D eigenvalue weighted by molar-refractivity contribution is 0.0927. The lowest BCUT2D eigenvalue weighted by Crippen LogP contribution is -2.45. The van der Waals surface area contributed by atoms with Gasteiger partial charge in [0.15, 0.2) is 0 Å². The molecule has 1 heterocycles. The number of piperidine rings is 1. The standard InChI is InChI=1S/C23H29N3O3/c1-17-7-3-4-8-19(17)23(28)25-18-11-14-26(15-12-18)21-10-6-5-9-20(21)22(27)24-13-16-29-2/h3-10,18H,11-16H2,1-2H3,(H,24,27)(H,25,28). The molecule has 1 aliphatic heterocycles. The highest BCUT2D eigenvalue weighted by atomic mass is 16.5. The fourth-order valence-electron chi connectivity index (χ4n) is 3.66. The number of rotatable bonds is 7. The summed E-state index contributed by atoms with van der Waals surface area (Å²) in [5.74, 6) is -0.105. The predicted octanol–water partition coefficient (Wildman–Crippen LogP) is 2.77. The van der Waals surface area contributed by atoms with Gasteiger partial charge in [0.2, 0.25) is 0 Å². The number of nitrogens with one attached hydrogen (secondary N) is 2. The molecule has 2 amide bonds. The number of aryl methyl sites for hydroxylation is 1. The van der Waals surface area contributed by atoms with Gasteiger partial charge in [-0.05, 0) is 43.5 Å². The Balaban J connectivity index is 1.59. The average Bonchev–Trinajstić information content (AvgIpc) is 2.74. The van der Waals surface area contributed by atoms with Gasteiger partial charge >= 0.3 is 0 Å². The quantitative estimate of drug-likeness (QED) is 0.708. The number of amides is 2. The minimum atomic E-state index is -0.0902. The predicted molar refractivity (Wildman–Crippen MR) is 115 cm³/mol. The second-order valence-corrected chi connectivity index (χ2v) is 7.32. The summed E-state index contributed by atoms with van der Waals surface area (Å²) in [6, 6.07) is 15.4. The fourth-order valence-corrected chi connectivity index (χ4v) is 3.66. The summed E-state index contributed by atoms with van der Waals surface area (Å²) in [6.07, 6.45) is 1.69. The SMILES string of the molecule is COCCNC(=O)c1ccccc1N1CCC(NC(=O)c2ccccc2C)CC1. The highest BCUT2D eigenvalue weighted by molar-refractivity contribution is 6.00. The smallest absolute Gasteiger partial charge is 0.253 e. The van der Waals surface area contributed by atoms with Gasteiger partial charge in [-0.1, -0.05) is 30.3 Å². The van der Waals surface area contributed by atoms with Crippen molar-refractivity contribution in [2.45, 2.75) is 25.8 Å². The van der Waals surface area contributed by atoms with Gasteiger partial charge in [-0.15, -0.1) is 0 Å². The molecule has 2 N–H and O–H groups in total. The maximum absolute atomic E-state index is 12.6. The third-order valence-electron chi connectivity index (χ3n) is 5.30. The van der Waals surface area contributed by atoms with Gasteiger partial charge in [0, 0.05) is 44.0 Å². The lowest BCUT2D eigenvalue weighted by Gasteiger charge is -2.35. The molecule has 3 rings (SSSR count). The van der Waals surface area contributed by atoms with Gasteiger partial charge in [-0.2, -0.15) is 0 Å². The van der Waals surface area contributed by atoms with Crippen molar-refractivity contribution in [1.29, 1.82) is 0 Å². The van der Waals surface area contributed by atoms with Crippen LogP contribution in [0, 0.1) is 6.92 Å². The Kier molecular flexibility index (Phi) is 7.25. The summed E-state index contributed by atoms with van der Waals surface area (Å²) in [6.45, 7) is 4.50. The van der Waals surface area contributed by atoms with Gasteiger partial charge < -0.3 is 20.3 Å². The van der Waals surface area contributed by atoms with E-state index in [1.807, 2.05) is 55.5 Å². The number of ether oxygens (including phenoxy) is 1. The van der Waals surface area contributed by atoms with Crippen LogP contribution < -0.4 is 15.5 Å². The van der Waals surface area contributed by atoms with Crippen molar-refractivity contribution in [2.24, 2.45) is 0 Å². The molecule has 29 heavy (non-hydrogen) atoms. The second-order valence-electron chi connectivity index (χ2n) is 7.32. The molecule has 2 aromatic rings. The first-order chi connectivity index (χ1) is 14.1. The van der Waals surface area contributed by atoms with Crippen LogP contribution >= 0.6 is 0 Å². The Hall–Kier alpha value is -2.86. The average molecular weight is 396 g/mol. The van der Waals surface area contributed by atoms with Crippen molar-refractivity contribution >= 4 is 17.5 Å². The molecule has 6 nitrogen and oxygen atoms in total. The van der Waals surface area contributed by atoms with Gasteiger partial charge in [-0.3, -0.25) is 9.59 Å². The molecule has 0 unspecified atom stereocenters. The highest BCUT2D eigenvalue weighted by Crippen LogP contribution is 2.24. The van der Waals surface area contributed by atoms with Crippen LogP contribution in [0.15, 0.2) is 48.5 Å². The molecule has 1 fully saturated rings. The summed E-state index contributed by atoms with van der Waals surface area (Å²) in [5, 5.41) is 6.05. The molecule has 0 atom stereocenters. The molecule has 1 saturated heterocycles. The molecular formula is C23H29N3O3. The van der Waals surface area contributed by atoms with Crippen LogP contribution in [-0.2, 0) is 4.74 Å². The monoisotopic (exact) mass is 395 g/mol. The van der Waals surface area contributed by atoms with Crippen molar-refractivity contribution in [1.82, 2.24) is 10.6 Å². The first kappa shape index (κ1) is 20.9. The summed E-state index contributed by atoms with van der Waals surface area (Å²) in [4.78, 5) is 27.3. The Morgan fingerprint density at radius 2 is 1.66 bits per heavy atom. The van der Waals surface area contributed by atoms with E-state index in [1.54, 1.807) is 7.11 Å². The molecule has 154 valence electrons. The summed E-state index contributed by atoms with van der Waals surface area (Å²) >= 11 is 0. The van der Waals surface area contributed by atoms with E-state index in [0.29, 0.717) is 18.7 Å².